The van der Waals surface area contributed by atoms with E-state index in [-0.39, 0.29) is 12.3 Å². The van der Waals surface area contributed by atoms with Crippen LogP contribution in [0.5, 0.6) is 0 Å². The van der Waals surface area contributed by atoms with Crippen molar-refractivity contribution in [1.29, 1.82) is 0 Å². The molecule has 0 radical (unpaired) electrons. The average molecular weight is 330 g/mol. The molecule has 8 heteroatoms. The number of alkyl halides is 3. The number of nitrogens with zero attached hydrogens (tertiary/aromatic N) is 1. The van der Waals surface area contributed by atoms with Gasteiger partial charge in [-0.15, -0.1) is 0 Å². The molecule has 1 unspecified atom stereocenters. The topological polar surface area (TPSA) is 67.4 Å². The van der Waals surface area contributed by atoms with Gasteiger partial charge in [-0.3, -0.25) is 4.79 Å². The highest BCUT2D eigenvalue weighted by molar-refractivity contribution is 5.77. The highest BCUT2D eigenvalue weighted by atomic mass is 19.4. The molecule has 1 atom stereocenters. The monoisotopic (exact) mass is 330 g/mol. The van der Waals surface area contributed by atoms with Gasteiger partial charge in [0.2, 0.25) is 11.5 Å². The van der Waals surface area contributed by atoms with Gasteiger partial charge < -0.3 is 19.4 Å². The highest BCUT2D eigenvalue weighted by Gasteiger charge is 2.58. The number of carbonyl (C=O) groups is 1. The zero-order chi connectivity index (χ0) is 17.3. The number of aliphatic hydroxyl groups is 1. The van der Waals surface area contributed by atoms with Crippen LogP contribution in [0.25, 0.3) is 0 Å². The number of hydrogen-bond donors (Lipinski definition) is 2. The second-order valence-corrected chi connectivity index (χ2v) is 5.41. The van der Waals surface area contributed by atoms with Crippen LogP contribution in [0, 0.1) is 6.92 Å². The molecule has 0 aliphatic carbocycles. The molecule has 126 valence electrons. The summed E-state index contributed by atoms with van der Waals surface area (Å²) in [6, 6.07) is 4.05. The maximum Gasteiger partial charge on any atom is 0.425 e. The number of rotatable bonds is 5. The molecule has 0 aromatic carbocycles. The van der Waals surface area contributed by atoms with Gasteiger partial charge in [0.1, 0.15) is 11.5 Å². The molecule has 0 saturated carbocycles. The number of aromatic nitrogens is 1. The fraction of sp³-hybridized carbons (Fsp3) is 0.400. The lowest BCUT2D eigenvalue weighted by Gasteiger charge is -2.27. The van der Waals surface area contributed by atoms with E-state index in [1.54, 1.807) is 30.1 Å². The van der Waals surface area contributed by atoms with E-state index in [2.05, 4.69) is 5.32 Å². The van der Waals surface area contributed by atoms with E-state index in [0.29, 0.717) is 0 Å². The van der Waals surface area contributed by atoms with Gasteiger partial charge in [-0.2, -0.15) is 13.2 Å². The summed E-state index contributed by atoms with van der Waals surface area (Å²) in [5, 5.41) is 12.4. The van der Waals surface area contributed by atoms with Gasteiger partial charge in [-0.25, -0.2) is 0 Å². The van der Waals surface area contributed by atoms with Crippen molar-refractivity contribution in [2.45, 2.75) is 31.7 Å². The van der Waals surface area contributed by atoms with E-state index in [4.69, 9.17) is 4.42 Å². The van der Waals surface area contributed by atoms with Crippen molar-refractivity contribution in [3.05, 3.63) is 47.7 Å². The summed E-state index contributed by atoms with van der Waals surface area (Å²) < 4.78 is 46.3. The van der Waals surface area contributed by atoms with Crippen molar-refractivity contribution in [2.75, 3.05) is 0 Å². The van der Waals surface area contributed by atoms with Crippen LogP contribution >= 0.6 is 0 Å². The van der Waals surface area contributed by atoms with Crippen molar-refractivity contribution >= 4 is 5.91 Å². The number of amides is 1. The highest BCUT2D eigenvalue weighted by Crippen LogP contribution is 2.42. The van der Waals surface area contributed by atoms with Gasteiger partial charge in [0.05, 0.1) is 6.42 Å². The first-order chi connectivity index (χ1) is 10.6. The molecule has 2 heterocycles. The summed E-state index contributed by atoms with van der Waals surface area (Å²) >= 11 is 0. The third-order valence-electron chi connectivity index (χ3n) is 3.42. The lowest BCUT2D eigenvalue weighted by atomic mass is 9.95. The molecule has 5 nitrogen and oxygen atoms in total. The number of hydrogen-bond acceptors (Lipinski definition) is 3. The van der Waals surface area contributed by atoms with Gasteiger partial charge in [-0.05, 0) is 30.7 Å². The summed E-state index contributed by atoms with van der Waals surface area (Å²) in [4.78, 5) is 11.8. The van der Waals surface area contributed by atoms with Crippen molar-refractivity contribution in [1.82, 2.24) is 9.88 Å². The van der Waals surface area contributed by atoms with Crippen molar-refractivity contribution in [2.24, 2.45) is 7.05 Å². The molecular formula is C15H17F3N2O3. The second-order valence-electron chi connectivity index (χ2n) is 5.41. The predicted octanol–water partition coefficient (Wildman–Crippen LogP) is 2.38. The van der Waals surface area contributed by atoms with Crippen molar-refractivity contribution < 1.29 is 27.5 Å². The number of aryl methyl sites for hydroxylation is 2. The molecule has 2 aromatic rings. The SMILES string of the molecule is Cc1ccc(C(O)(CC(=O)NCc2ccn(C)c2)C(F)(F)F)o1. The molecule has 0 spiro atoms. The third-order valence-corrected chi connectivity index (χ3v) is 3.42. The fourth-order valence-electron chi connectivity index (χ4n) is 2.14. The minimum atomic E-state index is -5.04. The molecule has 0 aliphatic rings. The Morgan fingerprint density at radius 1 is 1.35 bits per heavy atom. The van der Waals surface area contributed by atoms with E-state index in [1.807, 2.05) is 0 Å². The van der Waals surface area contributed by atoms with E-state index in [0.717, 1.165) is 11.6 Å². The Morgan fingerprint density at radius 2 is 2.04 bits per heavy atom. The molecule has 0 fully saturated rings. The van der Waals surface area contributed by atoms with Gasteiger partial charge in [0, 0.05) is 26.0 Å². The van der Waals surface area contributed by atoms with Crippen LogP contribution in [0.4, 0.5) is 13.2 Å². The molecule has 23 heavy (non-hydrogen) atoms. The Hall–Kier alpha value is -2.22. The van der Waals surface area contributed by atoms with Gasteiger partial charge >= 0.3 is 6.18 Å². The summed E-state index contributed by atoms with van der Waals surface area (Å²) in [6.07, 6.45) is -2.73. The van der Waals surface area contributed by atoms with Crippen molar-refractivity contribution in [3.8, 4) is 0 Å². The first-order valence-electron chi connectivity index (χ1n) is 6.85. The number of halogens is 3. The third kappa shape index (κ3) is 3.76. The molecule has 2 rings (SSSR count). The first-order valence-corrected chi connectivity index (χ1v) is 6.85. The predicted molar refractivity (Wildman–Crippen MR) is 75.3 cm³/mol. The van der Waals surface area contributed by atoms with Crippen LogP contribution in [-0.2, 0) is 24.0 Å². The first kappa shape index (κ1) is 17.1. The lowest BCUT2D eigenvalue weighted by Crippen LogP contribution is -2.45. The normalized spacial score (nSPS) is 14.5. The van der Waals surface area contributed by atoms with E-state index in [9.17, 15) is 23.1 Å². The van der Waals surface area contributed by atoms with Gasteiger partial charge in [-0.1, -0.05) is 0 Å². The fourth-order valence-corrected chi connectivity index (χ4v) is 2.14. The minimum Gasteiger partial charge on any atom is -0.463 e. The Bertz CT molecular complexity index is 690. The Balaban J connectivity index is 2.10. The van der Waals surface area contributed by atoms with Crippen molar-refractivity contribution in [3.63, 3.8) is 0 Å². The number of carbonyl (C=O) groups excluding carboxylic acids is 1. The molecule has 2 aromatic heterocycles. The molecule has 2 N–H and O–H groups in total. The smallest absolute Gasteiger partial charge is 0.425 e. The van der Waals surface area contributed by atoms with E-state index >= 15 is 0 Å². The van der Waals surface area contributed by atoms with E-state index in [1.165, 1.54) is 13.0 Å². The quantitative estimate of drug-likeness (QED) is 0.884. The number of furan rings is 1. The summed E-state index contributed by atoms with van der Waals surface area (Å²) in [7, 11) is 1.78. The Morgan fingerprint density at radius 3 is 2.52 bits per heavy atom. The maximum atomic E-state index is 13.2. The summed E-state index contributed by atoms with van der Waals surface area (Å²) in [6.45, 7) is 1.53. The zero-order valence-electron chi connectivity index (χ0n) is 12.6. The average Bonchev–Trinajstić information content (AvgIpc) is 3.04. The summed E-state index contributed by atoms with van der Waals surface area (Å²) in [5.74, 6) is -1.41. The van der Waals surface area contributed by atoms with Crippen LogP contribution in [0.3, 0.4) is 0 Å². The van der Waals surface area contributed by atoms with Crippen LogP contribution in [-0.4, -0.2) is 21.8 Å². The second kappa shape index (κ2) is 6.11. The van der Waals surface area contributed by atoms with Crippen LogP contribution in [0.2, 0.25) is 0 Å². The molecule has 0 aliphatic heterocycles. The zero-order valence-corrected chi connectivity index (χ0v) is 12.6. The standard InChI is InChI=1S/C15H17F3N2O3/c1-10-3-4-12(23-10)14(22,15(16,17)18)7-13(21)19-8-11-5-6-20(2)9-11/h3-6,9,22H,7-8H2,1-2H3,(H,19,21). The molecule has 0 saturated heterocycles. The van der Waals surface area contributed by atoms with E-state index < -0.39 is 29.9 Å². The van der Waals surface area contributed by atoms with Crippen LogP contribution < -0.4 is 5.32 Å². The molecule has 0 bridgehead atoms. The molecular weight excluding hydrogens is 313 g/mol. The van der Waals surface area contributed by atoms with Gasteiger partial charge in [0.15, 0.2) is 0 Å². The lowest BCUT2D eigenvalue weighted by molar-refractivity contribution is -0.273. The largest absolute Gasteiger partial charge is 0.463 e. The summed E-state index contributed by atoms with van der Waals surface area (Å²) in [5.41, 5.74) is -2.62. The molecule has 1 amide bonds. The Labute approximate surface area is 130 Å². The minimum absolute atomic E-state index is 0.0742. The van der Waals surface area contributed by atoms with Crippen LogP contribution in [0.1, 0.15) is 23.5 Å². The maximum absolute atomic E-state index is 13.2. The Kier molecular flexibility index (Phi) is 4.56. The van der Waals surface area contributed by atoms with Crippen LogP contribution in [0.15, 0.2) is 35.0 Å². The number of nitrogens with one attached hydrogen (secondary N) is 1. The van der Waals surface area contributed by atoms with Gasteiger partial charge in [0.25, 0.3) is 0 Å².